The van der Waals surface area contributed by atoms with Gasteiger partial charge in [0.15, 0.2) is 0 Å². The van der Waals surface area contributed by atoms with Crippen molar-refractivity contribution in [1.29, 1.82) is 5.26 Å². The van der Waals surface area contributed by atoms with Crippen molar-refractivity contribution >= 4 is 23.2 Å². The van der Waals surface area contributed by atoms with Crippen molar-refractivity contribution in [1.82, 2.24) is 0 Å². The molecule has 1 amide bonds. The van der Waals surface area contributed by atoms with Crippen LogP contribution in [0.3, 0.4) is 0 Å². The van der Waals surface area contributed by atoms with Gasteiger partial charge in [-0.2, -0.15) is 5.26 Å². The maximum absolute atomic E-state index is 13.3. The number of benzene rings is 1. The number of rotatable bonds is 3. The molecule has 0 spiro atoms. The molecule has 0 aliphatic rings. The number of para-hydroxylation sites is 1. The van der Waals surface area contributed by atoms with Crippen molar-refractivity contribution in [2.75, 3.05) is 17.3 Å². The van der Waals surface area contributed by atoms with Crippen molar-refractivity contribution in [2.24, 2.45) is 0 Å². The number of nitrogens with zero attached hydrogens (tertiary/aromatic N) is 2. The Morgan fingerprint density at radius 2 is 2.20 bits per heavy atom. The van der Waals surface area contributed by atoms with E-state index in [1.807, 2.05) is 0 Å². The molecule has 0 atom stereocenters. The van der Waals surface area contributed by atoms with Crippen LogP contribution in [0, 0.1) is 17.1 Å². The lowest BCUT2D eigenvalue weighted by molar-refractivity contribution is -0.116. The van der Waals surface area contributed by atoms with Crippen LogP contribution in [-0.4, -0.2) is 18.3 Å². The van der Waals surface area contributed by atoms with E-state index in [1.165, 1.54) is 18.2 Å². The second-order valence-electron chi connectivity index (χ2n) is 2.72. The van der Waals surface area contributed by atoms with Crippen LogP contribution in [-0.2, 0) is 4.79 Å². The molecule has 0 saturated heterocycles. The number of nitriles is 1. The minimum Gasteiger partial charge on any atom is -0.295 e. The molecule has 0 saturated carbocycles. The van der Waals surface area contributed by atoms with Gasteiger partial charge in [-0.25, -0.2) is 4.39 Å². The number of hydrogen-bond donors (Lipinski definition) is 0. The number of carbonyl (C=O) groups is 1. The topological polar surface area (TPSA) is 44.1 Å². The van der Waals surface area contributed by atoms with Gasteiger partial charge in [0.1, 0.15) is 18.2 Å². The van der Waals surface area contributed by atoms with Crippen LogP contribution in [0.1, 0.15) is 0 Å². The Labute approximate surface area is 91.7 Å². The van der Waals surface area contributed by atoms with Gasteiger partial charge in [-0.05, 0) is 12.1 Å². The third kappa shape index (κ3) is 2.67. The molecule has 0 bridgehead atoms. The lowest BCUT2D eigenvalue weighted by Gasteiger charge is -2.18. The normalized spacial score (nSPS) is 9.40. The van der Waals surface area contributed by atoms with E-state index in [1.54, 1.807) is 12.1 Å². The molecule has 0 radical (unpaired) electrons. The molecule has 1 rings (SSSR count). The average molecular weight is 227 g/mol. The maximum atomic E-state index is 13.3. The van der Waals surface area contributed by atoms with E-state index >= 15 is 0 Å². The molecular weight excluding hydrogens is 219 g/mol. The van der Waals surface area contributed by atoms with E-state index in [0.29, 0.717) is 0 Å². The highest BCUT2D eigenvalue weighted by molar-refractivity contribution is 6.29. The largest absolute Gasteiger partial charge is 0.295 e. The Hall–Kier alpha value is -1.60. The highest BCUT2D eigenvalue weighted by Gasteiger charge is 2.17. The Bertz CT molecular complexity index is 403. The monoisotopic (exact) mass is 226 g/mol. The molecule has 0 aromatic heterocycles. The third-order valence-electron chi connectivity index (χ3n) is 1.79. The summed E-state index contributed by atoms with van der Waals surface area (Å²) >= 11 is 5.36. The van der Waals surface area contributed by atoms with Crippen LogP contribution in [0.5, 0.6) is 0 Å². The zero-order chi connectivity index (χ0) is 11.3. The van der Waals surface area contributed by atoms with Gasteiger partial charge >= 0.3 is 0 Å². The van der Waals surface area contributed by atoms with Gasteiger partial charge in [0.2, 0.25) is 5.91 Å². The van der Waals surface area contributed by atoms with E-state index in [2.05, 4.69) is 0 Å². The highest BCUT2D eigenvalue weighted by Crippen LogP contribution is 2.18. The smallest absolute Gasteiger partial charge is 0.242 e. The fraction of sp³-hybridized carbons (Fsp3) is 0.200. The Balaban J connectivity index is 3.05. The molecule has 3 nitrogen and oxygen atoms in total. The minimum atomic E-state index is -0.550. The number of carbonyl (C=O) groups excluding carboxylic acids is 1. The SMILES string of the molecule is N#CCN(C(=O)CCl)c1ccccc1F. The summed E-state index contributed by atoms with van der Waals surface area (Å²) in [6, 6.07) is 7.54. The van der Waals surface area contributed by atoms with Gasteiger partial charge in [-0.1, -0.05) is 12.1 Å². The van der Waals surface area contributed by atoms with Crippen LogP contribution >= 0.6 is 11.6 Å². The lowest BCUT2D eigenvalue weighted by atomic mass is 10.2. The lowest BCUT2D eigenvalue weighted by Crippen LogP contribution is -2.32. The van der Waals surface area contributed by atoms with Crippen molar-refractivity contribution < 1.29 is 9.18 Å². The summed E-state index contributed by atoms with van der Waals surface area (Å²) in [5.41, 5.74) is 0.0738. The highest BCUT2D eigenvalue weighted by atomic mass is 35.5. The molecule has 0 N–H and O–H groups in total. The van der Waals surface area contributed by atoms with Gasteiger partial charge in [0.25, 0.3) is 0 Å². The van der Waals surface area contributed by atoms with Crippen LogP contribution < -0.4 is 4.90 Å². The molecule has 1 aromatic carbocycles. The Kier molecular flexibility index (Phi) is 4.07. The van der Waals surface area contributed by atoms with Crippen molar-refractivity contribution in [2.45, 2.75) is 0 Å². The van der Waals surface area contributed by atoms with E-state index in [0.717, 1.165) is 4.90 Å². The minimum absolute atomic E-state index is 0.0738. The van der Waals surface area contributed by atoms with Crippen LogP contribution in [0.2, 0.25) is 0 Å². The van der Waals surface area contributed by atoms with E-state index in [-0.39, 0.29) is 18.1 Å². The molecular formula is C10H8ClFN2O. The molecule has 0 fully saturated rings. The molecule has 5 heteroatoms. The standard InChI is InChI=1S/C10H8ClFN2O/c11-7-10(15)14(6-5-13)9-4-2-1-3-8(9)12/h1-4H,6-7H2. The Morgan fingerprint density at radius 3 is 2.73 bits per heavy atom. The quantitative estimate of drug-likeness (QED) is 0.584. The third-order valence-corrected chi connectivity index (χ3v) is 2.02. The number of alkyl halides is 1. The fourth-order valence-electron chi connectivity index (χ4n) is 1.12. The summed E-state index contributed by atoms with van der Waals surface area (Å²) in [6.45, 7) is -0.216. The number of anilines is 1. The van der Waals surface area contributed by atoms with Crippen molar-refractivity contribution in [3.8, 4) is 6.07 Å². The number of amides is 1. The average Bonchev–Trinajstić information content (AvgIpc) is 2.26. The summed E-state index contributed by atoms with van der Waals surface area (Å²) in [5.74, 6) is -1.33. The molecule has 15 heavy (non-hydrogen) atoms. The van der Waals surface area contributed by atoms with Crippen LogP contribution in [0.4, 0.5) is 10.1 Å². The number of hydrogen-bond acceptors (Lipinski definition) is 2. The zero-order valence-electron chi connectivity index (χ0n) is 7.78. The summed E-state index contributed by atoms with van der Waals surface area (Å²) in [7, 11) is 0. The van der Waals surface area contributed by atoms with E-state index < -0.39 is 11.7 Å². The van der Waals surface area contributed by atoms with E-state index in [4.69, 9.17) is 16.9 Å². The van der Waals surface area contributed by atoms with Crippen molar-refractivity contribution in [3.05, 3.63) is 30.1 Å². The van der Waals surface area contributed by atoms with Gasteiger partial charge in [0.05, 0.1) is 11.8 Å². The first-order valence-corrected chi connectivity index (χ1v) is 4.72. The second-order valence-corrected chi connectivity index (χ2v) is 2.99. The van der Waals surface area contributed by atoms with E-state index in [9.17, 15) is 9.18 Å². The summed E-state index contributed by atoms with van der Waals surface area (Å²) in [5, 5.41) is 8.52. The molecule has 0 aliphatic carbocycles. The van der Waals surface area contributed by atoms with Crippen molar-refractivity contribution in [3.63, 3.8) is 0 Å². The fourth-order valence-corrected chi connectivity index (χ4v) is 1.27. The molecule has 0 unspecified atom stereocenters. The van der Waals surface area contributed by atoms with Crippen LogP contribution in [0.25, 0.3) is 0 Å². The summed E-state index contributed by atoms with van der Waals surface area (Å²) in [6.07, 6.45) is 0. The maximum Gasteiger partial charge on any atom is 0.242 e. The van der Waals surface area contributed by atoms with Crippen LogP contribution in [0.15, 0.2) is 24.3 Å². The summed E-state index contributed by atoms with van der Waals surface area (Å²) < 4.78 is 13.3. The first kappa shape index (κ1) is 11.5. The van der Waals surface area contributed by atoms with Gasteiger partial charge in [0, 0.05) is 0 Å². The first-order chi connectivity index (χ1) is 7.20. The zero-order valence-corrected chi connectivity index (χ0v) is 8.54. The predicted octanol–water partition coefficient (Wildman–Crippen LogP) is 1.92. The summed E-state index contributed by atoms with van der Waals surface area (Å²) in [4.78, 5) is 12.3. The second kappa shape index (κ2) is 5.32. The number of halogens is 2. The predicted molar refractivity (Wildman–Crippen MR) is 55.1 cm³/mol. The Morgan fingerprint density at radius 1 is 1.53 bits per heavy atom. The van der Waals surface area contributed by atoms with Gasteiger partial charge < -0.3 is 0 Å². The molecule has 0 aliphatic heterocycles. The molecule has 78 valence electrons. The molecule has 0 heterocycles. The molecule has 1 aromatic rings. The van der Waals surface area contributed by atoms with Gasteiger partial charge in [-0.15, -0.1) is 11.6 Å². The van der Waals surface area contributed by atoms with Gasteiger partial charge in [-0.3, -0.25) is 9.69 Å². The first-order valence-electron chi connectivity index (χ1n) is 4.18.